The number of nitrogens with zero attached hydrogens (tertiary/aromatic N) is 4. The molecule has 0 unspecified atom stereocenters. The third-order valence-corrected chi connectivity index (χ3v) is 3.13. The highest BCUT2D eigenvalue weighted by Crippen LogP contribution is 2.20. The Morgan fingerprint density at radius 2 is 1.86 bits per heavy atom. The summed E-state index contributed by atoms with van der Waals surface area (Å²) in [5.41, 5.74) is 1.93. The molecular formula is C16H24N6. The summed E-state index contributed by atoms with van der Waals surface area (Å²) < 4.78 is 0. The zero-order chi connectivity index (χ0) is 15.8. The minimum absolute atomic E-state index is 0.656. The van der Waals surface area contributed by atoms with Gasteiger partial charge in [0.15, 0.2) is 0 Å². The van der Waals surface area contributed by atoms with Crippen LogP contribution in [-0.2, 0) is 0 Å². The van der Waals surface area contributed by atoms with E-state index in [4.69, 9.17) is 0 Å². The van der Waals surface area contributed by atoms with Crippen LogP contribution in [0.1, 0.15) is 13.3 Å². The van der Waals surface area contributed by atoms with Gasteiger partial charge in [0.25, 0.3) is 0 Å². The summed E-state index contributed by atoms with van der Waals surface area (Å²) in [6, 6.07) is 5.87. The molecule has 2 rings (SSSR count). The maximum Gasteiger partial charge on any atom is 0.225 e. The second-order valence-electron chi connectivity index (χ2n) is 5.31. The lowest BCUT2D eigenvalue weighted by Gasteiger charge is -2.12. The van der Waals surface area contributed by atoms with Crippen LogP contribution in [0.4, 0.5) is 11.8 Å². The first kappa shape index (κ1) is 16.2. The largest absolute Gasteiger partial charge is 0.370 e. The Morgan fingerprint density at radius 1 is 1.09 bits per heavy atom. The van der Waals surface area contributed by atoms with Gasteiger partial charge >= 0.3 is 0 Å². The van der Waals surface area contributed by atoms with Gasteiger partial charge in [-0.05, 0) is 46.1 Å². The van der Waals surface area contributed by atoms with Crippen LogP contribution in [-0.4, -0.2) is 53.6 Å². The number of nitrogens with one attached hydrogen (secondary N) is 2. The van der Waals surface area contributed by atoms with Gasteiger partial charge in [0.05, 0.1) is 5.69 Å². The SMILES string of the molecule is CCNc1cc(-c2ccncc2)nc(NCCCN(C)C)n1. The van der Waals surface area contributed by atoms with E-state index in [9.17, 15) is 0 Å². The molecule has 0 amide bonds. The Balaban J connectivity index is 2.13. The summed E-state index contributed by atoms with van der Waals surface area (Å²) >= 11 is 0. The summed E-state index contributed by atoms with van der Waals surface area (Å²) in [4.78, 5) is 15.3. The minimum atomic E-state index is 0.656. The summed E-state index contributed by atoms with van der Waals surface area (Å²) in [6.45, 7) is 4.77. The second-order valence-corrected chi connectivity index (χ2v) is 5.31. The molecular weight excluding hydrogens is 276 g/mol. The number of hydrogen-bond donors (Lipinski definition) is 2. The molecule has 0 aromatic carbocycles. The first-order valence-corrected chi connectivity index (χ1v) is 7.61. The molecule has 0 fully saturated rings. The van der Waals surface area contributed by atoms with Crippen molar-refractivity contribution in [3.05, 3.63) is 30.6 Å². The number of pyridine rings is 1. The Kier molecular flexibility index (Phi) is 6.09. The van der Waals surface area contributed by atoms with Gasteiger partial charge in [-0.3, -0.25) is 4.98 Å². The highest BCUT2D eigenvalue weighted by molar-refractivity contribution is 5.63. The summed E-state index contributed by atoms with van der Waals surface area (Å²) in [5.74, 6) is 1.49. The van der Waals surface area contributed by atoms with Gasteiger partial charge in [-0.1, -0.05) is 0 Å². The van der Waals surface area contributed by atoms with E-state index in [0.29, 0.717) is 5.95 Å². The molecule has 0 aliphatic heterocycles. The summed E-state index contributed by atoms with van der Waals surface area (Å²) in [6.07, 6.45) is 4.59. The first-order valence-electron chi connectivity index (χ1n) is 7.61. The van der Waals surface area contributed by atoms with Crippen LogP contribution < -0.4 is 10.6 Å². The topological polar surface area (TPSA) is 66.0 Å². The van der Waals surface area contributed by atoms with Crippen molar-refractivity contribution in [2.24, 2.45) is 0 Å². The van der Waals surface area contributed by atoms with Gasteiger partial charge in [0, 0.05) is 37.1 Å². The van der Waals surface area contributed by atoms with E-state index < -0.39 is 0 Å². The molecule has 22 heavy (non-hydrogen) atoms. The van der Waals surface area contributed by atoms with E-state index in [-0.39, 0.29) is 0 Å². The molecule has 0 aliphatic rings. The number of hydrogen-bond acceptors (Lipinski definition) is 6. The predicted octanol–water partition coefficient (Wildman–Crippen LogP) is 2.33. The molecule has 118 valence electrons. The van der Waals surface area contributed by atoms with Gasteiger partial charge in [-0.2, -0.15) is 4.98 Å². The van der Waals surface area contributed by atoms with Crippen molar-refractivity contribution in [2.45, 2.75) is 13.3 Å². The van der Waals surface area contributed by atoms with E-state index in [1.54, 1.807) is 12.4 Å². The van der Waals surface area contributed by atoms with Crippen LogP contribution in [0.25, 0.3) is 11.3 Å². The summed E-state index contributed by atoms with van der Waals surface area (Å²) in [5, 5.41) is 6.56. The van der Waals surface area contributed by atoms with Crippen molar-refractivity contribution in [3.8, 4) is 11.3 Å². The molecule has 0 radical (unpaired) electrons. The van der Waals surface area contributed by atoms with Gasteiger partial charge in [-0.15, -0.1) is 0 Å². The first-order chi connectivity index (χ1) is 10.7. The fourth-order valence-electron chi connectivity index (χ4n) is 2.06. The highest BCUT2D eigenvalue weighted by atomic mass is 15.1. The van der Waals surface area contributed by atoms with Crippen molar-refractivity contribution in [3.63, 3.8) is 0 Å². The molecule has 2 aromatic rings. The van der Waals surface area contributed by atoms with Crippen LogP contribution >= 0.6 is 0 Å². The third-order valence-electron chi connectivity index (χ3n) is 3.13. The van der Waals surface area contributed by atoms with Crippen LogP contribution in [0, 0.1) is 0 Å². The molecule has 0 saturated heterocycles. The van der Waals surface area contributed by atoms with Gasteiger partial charge < -0.3 is 15.5 Å². The maximum absolute atomic E-state index is 4.60. The number of anilines is 2. The fraction of sp³-hybridized carbons (Fsp3) is 0.438. The molecule has 6 nitrogen and oxygen atoms in total. The molecule has 0 aliphatic carbocycles. The fourth-order valence-corrected chi connectivity index (χ4v) is 2.06. The van der Waals surface area contributed by atoms with Crippen molar-refractivity contribution in [1.82, 2.24) is 19.9 Å². The zero-order valence-electron chi connectivity index (χ0n) is 13.5. The number of aromatic nitrogens is 3. The average Bonchev–Trinajstić information content (AvgIpc) is 2.52. The lowest BCUT2D eigenvalue weighted by molar-refractivity contribution is 0.405. The molecule has 0 atom stereocenters. The summed E-state index contributed by atoms with van der Waals surface area (Å²) in [7, 11) is 4.15. The Morgan fingerprint density at radius 3 is 2.55 bits per heavy atom. The molecule has 6 heteroatoms. The van der Waals surface area contributed by atoms with Crippen molar-refractivity contribution < 1.29 is 0 Å². The molecule has 2 heterocycles. The molecule has 0 bridgehead atoms. The minimum Gasteiger partial charge on any atom is -0.370 e. The predicted molar refractivity (Wildman–Crippen MR) is 91.1 cm³/mol. The van der Waals surface area contributed by atoms with Crippen LogP contribution in [0.2, 0.25) is 0 Å². The lowest BCUT2D eigenvalue weighted by Crippen LogP contribution is -2.17. The lowest BCUT2D eigenvalue weighted by atomic mass is 10.2. The Hall–Kier alpha value is -2.21. The van der Waals surface area contributed by atoms with E-state index in [0.717, 1.165) is 43.1 Å². The van der Waals surface area contributed by atoms with E-state index in [1.807, 2.05) is 18.2 Å². The van der Waals surface area contributed by atoms with Gasteiger partial charge in [0.1, 0.15) is 5.82 Å². The van der Waals surface area contributed by atoms with Crippen molar-refractivity contribution >= 4 is 11.8 Å². The second kappa shape index (κ2) is 8.29. The zero-order valence-corrected chi connectivity index (χ0v) is 13.5. The molecule has 0 spiro atoms. The Bertz CT molecular complexity index is 570. The van der Waals surface area contributed by atoms with Crippen molar-refractivity contribution in [1.29, 1.82) is 0 Å². The van der Waals surface area contributed by atoms with Crippen LogP contribution in [0.15, 0.2) is 30.6 Å². The number of rotatable bonds is 8. The van der Waals surface area contributed by atoms with Crippen LogP contribution in [0.3, 0.4) is 0 Å². The van der Waals surface area contributed by atoms with Crippen LogP contribution in [0.5, 0.6) is 0 Å². The van der Waals surface area contributed by atoms with Crippen molar-refractivity contribution in [2.75, 3.05) is 44.4 Å². The smallest absolute Gasteiger partial charge is 0.225 e. The third kappa shape index (κ3) is 4.96. The standard InChI is InChI=1S/C16H24N6/c1-4-18-15-12-14(13-6-9-17-10-7-13)20-16(21-15)19-8-5-11-22(2)3/h6-7,9-10,12H,4-5,8,11H2,1-3H3,(H2,18,19,20,21). The molecule has 2 aromatic heterocycles. The Labute approximate surface area is 132 Å². The normalized spacial score (nSPS) is 10.7. The van der Waals surface area contributed by atoms with Gasteiger partial charge in [-0.25, -0.2) is 4.98 Å². The highest BCUT2D eigenvalue weighted by Gasteiger charge is 2.06. The quantitative estimate of drug-likeness (QED) is 0.730. The van der Waals surface area contributed by atoms with E-state index in [1.165, 1.54) is 0 Å². The average molecular weight is 300 g/mol. The van der Waals surface area contributed by atoms with E-state index in [2.05, 4.69) is 51.5 Å². The monoisotopic (exact) mass is 300 g/mol. The maximum atomic E-state index is 4.60. The molecule has 0 saturated carbocycles. The molecule has 2 N–H and O–H groups in total. The van der Waals surface area contributed by atoms with Gasteiger partial charge in [0.2, 0.25) is 5.95 Å². The van der Waals surface area contributed by atoms with E-state index >= 15 is 0 Å².